The summed E-state index contributed by atoms with van der Waals surface area (Å²) in [6.45, 7) is 3.14. The maximum absolute atomic E-state index is 12.0. The van der Waals surface area contributed by atoms with Crippen LogP contribution >= 0.6 is 0 Å². The Bertz CT molecular complexity index is 965. The molecule has 2 N–H and O–H groups in total. The first-order chi connectivity index (χ1) is 11.9. The van der Waals surface area contributed by atoms with Gasteiger partial charge in [-0.15, -0.1) is 0 Å². The van der Waals surface area contributed by atoms with E-state index in [1.807, 2.05) is 0 Å². The van der Waals surface area contributed by atoms with Crippen LogP contribution in [0.4, 0.5) is 0 Å². The predicted molar refractivity (Wildman–Crippen MR) is 90.1 cm³/mol. The molecular formula is C19H16O6. The Morgan fingerprint density at radius 2 is 1.24 bits per heavy atom. The highest BCUT2D eigenvalue weighted by molar-refractivity contribution is 5.45. The minimum absolute atomic E-state index is 0.0970. The van der Waals surface area contributed by atoms with Crippen LogP contribution in [0.15, 0.2) is 60.9 Å². The molecular weight excluding hydrogens is 324 g/mol. The summed E-state index contributed by atoms with van der Waals surface area (Å²) in [5, 5.41) is 20.5. The number of aromatic hydroxyl groups is 2. The second-order valence-electron chi connectivity index (χ2n) is 5.71. The van der Waals surface area contributed by atoms with Crippen molar-refractivity contribution in [1.82, 2.24) is 0 Å². The molecule has 0 amide bonds. The molecule has 3 rings (SSSR count). The van der Waals surface area contributed by atoms with Gasteiger partial charge in [0, 0.05) is 12.1 Å². The lowest BCUT2D eigenvalue weighted by molar-refractivity contribution is 0.345. The van der Waals surface area contributed by atoms with Crippen LogP contribution in [0, 0.1) is 13.8 Å². The molecule has 0 saturated carbocycles. The van der Waals surface area contributed by atoms with E-state index in [0.717, 1.165) is 12.1 Å². The second kappa shape index (κ2) is 6.32. The number of aryl methyl sites for hydroxylation is 2. The smallest absolute Gasteiger partial charge is 0.227 e. The van der Waals surface area contributed by atoms with Crippen LogP contribution in [0.1, 0.15) is 34.5 Å². The van der Waals surface area contributed by atoms with E-state index in [9.17, 15) is 19.8 Å². The van der Waals surface area contributed by atoms with Crippen molar-refractivity contribution in [2.75, 3.05) is 0 Å². The van der Waals surface area contributed by atoms with Gasteiger partial charge < -0.3 is 19.0 Å². The Morgan fingerprint density at radius 1 is 0.800 bits per heavy atom. The van der Waals surface area contributed by atoms with Crippen molar-refractivity contribution in [2.24, 2.45) is 0 Å². The molecule has 6 nitrogen and oxygen atoms in total. The molecule has 0 aliphatic carbocycles. The molecule has 0 bridgehead atoms. The van der Waals surface area contributed by atoms with E-state index in [1.54, 1.807) is 44.2 Å². The normalized spacial score (nSPS) is 11.0. The number of hydrogen-bond donors (Lipinski definition) is 2. The highest BCUT2D eigenvalue weighted by Crippen LogP contribution is 2.38. The molecule has 2 heterocycles. The SMILES string of the molecule is Cc1cc(=O)c(O)c(C(c2ccccc2)c2oc(C)cc(=O)c2O)o1. The molecule has 0 atom stereocenters. The van der Waals surface area contributed by atoms with Crippen LogP contribution in [0.3, 0.4) is 0 Å². The van der Waals surface area contributed by atoms with Crippen molar-refractivity contribution in [2.45, 2.75) is 19.8 Å². The minimum Gasteiger partial charge on any atom is -0.502 e. The molecule has 0 saturated heterocycles. The Hall–Kier alpha value is -3.28. The van der Waals surface area contributed by atoms with Gasteiger partial charge in [0.05, 0.1) is 0 Å². The fourth-order valence-electron chi connectivity index (χ4n) is 2.71. The Morgan fingerprint density at radius 3 is 1.68 bits per heavy atom. The summed E-state index contributed by atoms with van der Waals surface area (Å²) in [6, 6.07) is 11.0. The predicted octanol–water partition coefficient (Wildman–Crippen LogP) is 2.80. The first-order valence-corrected chi connectivity index (χ1v) is 7.60. The molecule has 0 aliphatic heterocycles. The lowest BCUT2D eigenvalue weighted by Crippen LogP contribution is -2.13. The van der Waals surface area contributed by atoms with E-state index in [1.165, 1.54) is 0 Å². The highest BCUT2D eigenvalue weighted by atomic mass is 16.4. The zero-order valence-corrected chi connectivity index (χ0v) is 13.6. The standard InChI is InChI=1S/C19H16O6/c1-10-8-13(20)16(22)18(24-10)15(12-6-4-3-5-7-12)19-17(23)14(21)9-11(2)25-19/h3-9,15,22-23H,1-2H3. The van der Waals surface area contributed by atoms with Crippen molar-refractivity contribution >= 4 is 0 Å². The maximum atomic E-state index is 12.0. The second-order valence-corrected chi connectivity index (χ2v) is 5.71. The molecule has 0 aliphatic rings. The zero-order valence-electron chi connectivity index (χ0n) is 13.6. The minimum atomic E-state index is -0.957. The highest BCUT2D eigenvalue weighted by Gasteiger charge is 2.30. The topological polar surface area (TPSA) is 101 Å². The third kappa shape index (κ3) is 3.06. The van der Waals surface area contributed by atoms with E-state index in [0.29, 0.717) is 5.56 Å². The van der Waals surface area contributed by atoms with Gasteiger partial charge in [0.25, 0.3) is 0 Å². The van der Waals surface area contributed by atoms with Gasteiger partial charge in [0.1, 0.15) is 17.4 Å². The van der Waals surface area contributed by atoms with Crippen molar-refractivity contribution < 1.29 is 19.0 Å². The van der Waals surface area contributed by atoms with Crippen LogP contribution in [0.25, 0.3) is 0 Å². The Balaban J connectivity index is 2.38. The Kier molecular flexibility index (Phi) is 4.19. The first kappa shape index (κ1) is 16.6. The number of hydrogen-bond acceptors (Lipinski definition) is 6. The average molecular weight is 340 g/mol. The third-order valence-corrected chi connectivity index (χ3v) is 3.80. The fourth-order valence-corrected chi connectivity index (χ4v) is 2.71. The lowest BCUT2D eigenvalue weighted by Gasteiger charge is -2.18. The van der Waals surface area contributed by atoms with Crippen LogP contribution < -0.4 is 10.9 Å². The number of benzene rings is 1. The molecule has 0 spiro atoms. The van der Waals surface area contributed by atoms with Crippen LogP contribution in [-0.4, -0.2) is 10.2 Å². The zero-order chi connectivity index (χ0) is 18.1. The van der Waals surface area contributed by atoms with E-state index in [2.05, 4.69) is 0 Å². The van der Waals surface area contributed by atoms with Gasteiger partial charge in [-0.1, -0.05) is 30.3 Å². The summed E-state index contributed by atoms with van der Waals surface area (Å²) in [5.74, 6) is -1.77. The van der Waals surface area contributed by atoms with Crippen molar-refractivity contribution in [1.29, 1.82) is 0 Å². The molecule has 25 heavy (non-hydrogen) atoms. The lowest BCUT2D eigenvalue weighted by atomic mass is 9.92. The summed E-state index contributed by atoms with van der Waals surface area (Å²) >= 11 is 0. The van der Waals surface area contributed by atoms with Crippen molar-refractivity contribution in [3.05, 3.63) is 91.5 Å². The molecule has 0 fully saturated rings. The molecule has 1 aromatic carbocycles. The van der Waals surface area contributed by atoms with Gasteiger partial charge in [-0.25, -0.2) is 0 Å². The largest absolute Gasteiger partial charge is 0.502 e. The molecule has 128 valence electrons. The van der Waals surface area contributed by atoms with E-state index in [4.69, 9.17) is 8.83 Å². The van der Waals surface area contributed by atoms with Gasteiger partial charge in [-0.2, -0.15) is 0 Å². The summed E-state index contributed by atoms with van der Waals surface area (Å²) < 4.78 is 11.1. The summed E-state index contributed by atoms with van der Waals surface area (Å²) in [5.41, 5.74) is -0.654. The molecule has 2 aromatic heterocycles. The van der Waals surface area contributed by atoms with Gasteiger partial charge in [-0.05, 0) is 19.4 Å². The first-order valence-electron chi connectivity index (χ1n) is 7.60. The van der Waals surface area contributed by atoms with E-state index >= 15 is 0 Å². The summed E-state index contributed by atoms with van der Waals surface area (Å²) in [4.78, 5) is 24.0. The number of rotatable bonds is 3. The summed E-state index contributed by atoms with van der Waals surface area (Å²) in [6.07, 6.45) is 0. The van der Waals surface area contributed by atoms with E-state index < -0.39 is 28.3 Å². The third-order valence-electron chi connectivity index (χ3n) is 3.80. The molecule has 6 heteroatoms. The average Bonchev–Trinajstić information content (AvgIpc) is 2.57. The maximum Gasteiger partial charge on any atom is 0.227 e. The van der Waals surface area contributed by atoms with Crippen LogP contribution in [0.2, 0.25) is 0 Å². The molecule has 0 radical (unpaired) electrons. The summed E-state index contributed by atoms with van der Waals surface area (Å²) in [7, 11) is 0. The quantitative estimate of drug-likeness (QED) is 0.760. The van der Waals surface area contributed by atoms with Gasteiger partial charge in [-0.3, -0.25) is 9.59 Å². The van der Waals surface area contributed by atoms with Crippen LogP contribution in [0.5, 0.6) is 11.5 Å². The van der Waals surface area contributed by atoms with E-state index in [-0.39, 0.29) is 23.0 Å². The van der Waals surface area contributed by atoms with Crippen molar-refractivity contribution in [3.63, 3.8) is 0 Å². The molecule has 0 unspecified atom stereocenters. The van der Waals surface area contributed by atoms with Crippen LogP contribution in [-0.2, 0) is 0 Å². The molecule has 3 aromatic rings. The fraction of sp³-hybridized carbons (Fsp3) is 0.158. The monoisotopic (exact) mass is 340 g/mol. The Labute approximate surface area is 142 Å². The van der Waals surface area contributed by atoms with Gasteiger partial charge in [0.2, 0.25) is 22.4 Å². The van der Waals surface area contributed by atoms with Crippen molar-refractivity contribution in [3.8, 4) is 11.5 Å². The van der Waals surface area contributed by atoms with Gasteiger partial charge >= 0.3 is 0 Å². The van der Waals surface area contributed by atoms with Gasteiger partial charge in [0.15, 0.2) is 11.5 Å².